The second-order valence-corrected chi connectivity index (χ2v) is 6.96. The van der Waals surface area contributed by atoms with Crippen molar-refractivity contribution in [2.75, 3.05) is 11.1 Å². The molecule has 0 radical (unpaired) electrons. The molecular weight excluding hydrogens is 390 g/mol. The van der Waals surface area contributed by atoms with Crippen molar-refractivity contribution in [3.63, 3.8) is 0 Å². The summed E-state index contributed by atoms with van der Waals surface area (Å²) in [6, 6.07) is 26.1. The van der Waals surface area contributed by atoms with Gasteiger partial charge in [0.2, 0.25) is 0 Å². The van der Waals surface area contributed by atoms with Gasteiger partial charge in [0.05, 0.1) is 24.2 Å². The van der Waals surface area contributed by atoms with E-state index in [0.29, 0.717) is 41.5 Å². The SMILES string of the molecule is Nc1cc(C(=O)NCc2ccccc2)cc(NCc2ccco2)c1Oc1ccccc1. The van der Waals surface area contributed by atoms with E-state index in [1.54, 1.807) is 18.4 Å². The number of ether oxygens (including phenoxy) is 1. The molecule has 0 atom stereocenters. The molecule has 3 aromatic carbocycles. The number of amides is 1. The molecule has 6 heteroatoms. The average Bonchev–Trinajstić information content (AvgIpc) is 3.33. The van der Waals surface area contributed by atoms with Crippen LogP contribution in [0.3, 0.4) is 0 Å². The highest BCUT2D eigenvalue weighted by atomic mass is 16.5. The molecule has 0 unspecified atom stereocenters. The summed E-state index contributed by atoms with van der Waals surface area (Å²) < 4.78 is 11.4. The van der Waals surface area contributed by atoms with Gasteiger partial charge in [0.15, 0.2) is 5.75 Å². The molecule has 0 spiro atoms. The number of hydrogen-bond donors (Lipinski definition) is 3. The summed E-state index contributed by atoms with van der Waals surface area (Å²) >= 11 is 0. The minimum absolute atomic E-state index is 0.220. The molecule has 0 aliphatic carbocycles. The van der Waals surface area contributed by atoms with Crippen LogP contribution < -0.4 is 21.1 Å². The van der Waals surface area contributed by atoms with Gasteiger partial charge >= 0.3 is 0 Å². The van der Waals surface area contributed by atoms with Gasteiger partial charge in [-0.05, 0) is 42.0 Å². The molecule has 0 aliphatic rings. The van der Waals surface area contributed by atoms with Crippen LogP contribution in [0.25, 0.3) is 0 Å². The third kappa shape index (κ3) is 5.25. The first-order valence-corrected chi connectivity index (χ1v) is 9.94. The topological polar surface area (TPSA) is 89.5 Å². The highest BCUT2D eigenvalue weighted by Gasteiger charge is 2.16. The first kappa shape index (κ1) is 20.1. The number of hydrogen-bond acceptors (Lipinski definition) is 5. The number of benzene rings is 3. The summed E-state index contributed by atoms with van der Waals surface area (Å²) in [6.07, 6.45) is 1.61. The monoisotopic (exact) mass is 413 g/mol. The van der Waals surface area contributed by atoms with Crippen molar-refractivity contribution in [3.8, 4) is 11.5 Å². The fraction of sp³-hybridized carbons (Fsp3) is 0.0800. The Kier molecular flexibility index (Phi) is 6.18. The second kappa shape index (κ2) is 9.54. The normalized spacial score (nSPS) is 10.5. The largest absolute Gasteiger partial charge is 0.467 e. The zero-order valence-corrected chi connectivity index (χ0v) is 16.9. The van der Waals surface area contributed by atoms with Crippen molar-refractivity contribution in [3.05, 3.63) is 108 Å². The Morgan fingerprint density at radius 2 is 1.65 bits per heavy atom. The summed E-state index contributed by atoms with van der Waals surface area (Å²) in [6.45, 7) is 0.851. The van der Waals surface area contributed by atoms with Crippen LogP contribution in [0.5, 0.6) is 11.5 Å². The lowest BCUT2D eigenvalue weighted by atomic mass is 10.1. The van der Waals surface area contributed by atoms with Gasteiger partial charge in [-0.1, -0.05) is 48.5 Å². The molecule has 1 aromatic heterocycles. The van der Waals surface area contributed by atoms with Gasteiger partial charge in [0, 0.05) is 12.1 Å². The number of anilines is 2. The smallest absolute Gasteiger partial charge is 0.251 e. The highest BCUT2D eigenvalue weighted by molar-refractivity contribution is 5.97. The number of nitrogen functional groups attached to an aromatic ring is 1. The lowest BCUT2D eigenvalue weighted by Gasteiger charge is -2.17. The number of rotatable bonds is 8. The summed E-state index contributed by atoms with van der Waals surface area (Å²) in [5, 5.41) is 6.19. The lowest BCUT2D eigenvalue weighted by molar-refractivity contribution is 0.0951. The summed E-state index contributed by atoms with van der Waals surface area (Å²) in [5.74, 6) is 1.64. The van der Waals surface area contributed by atoms with Gasteiger partial charge < -0.3 is 25.5 Å². The second-order valence-electron chi connectivity index (χ2n) is 6.96. The Hall–Kier alpha value is -4.19. The zero-order chi connectivity index (χ0) is 21.5. The maximum Gasteiger partial charge on any atom is 0.251 e. The first-order valence-electron chi connectivity index (χ1n) is 9.94. The van der Waals surface area contributed by atoms with Crippen LogP contribution in [0, 0.1) is 0 Å². The van der Waals surface area contributed by atoms with E-state index in [1.807, 2.05) is 72.8 Å². The van der Waals surface area contributed by atoms with Gasteiger partial charge in [-0.2, -0.15) is 0 Å². The van der Waals surface area contributed by atoms with Crippen LogP contribution >= 0.6 is 0 Å². The summed E-state index contributed by atoms with van der Waals surface area (Å²) in [4.78, 5) is 12.8. The quantitative estimate of drug-likeness (QED) is 0.346. The lowest BCUT2D eigenvalue weighted by Crippen LogP contribution is -2.23. The standard InChI is InChI=1S/C25H23N3O3/c26-22-14-19(25(29)28-16-18-8-3-1-4-9-18)15-23(27-17-21-12-7-13-30-21)24(22)31-20-10-5-2-6-11-20/h1-15,27H,16-17,26H2,(H,28,29). The van der Waals surface area contributed by atoms with Crippen LogP contribution in [0.2, 0.25) is 0 Å². The highest BCUT2D eigenvalue weighted by Crippen LogP contribution is 2.37. The maximum atomic E-state index is 12.8. The molecule has 4 aromatic rings. The van der Waals surface area contributed by atoms with Crippen LogP contribution in [0.4, 0.5) is 11.4 Å². The minimum atomic E-state index is -0.220. The molecule has 0 bridgehead atoms. The van der Waals surface area contributed by atoms with Gasteiger partial charge in [-0.15, -0.1) is 0 Å². The van der Waals surface area contributed by atoms with E-state index in [0.717, 1.165) is 11.3 Å². The number of furan rings is 1. The fourth-order valence-corrected chi connectivity index (χ4v) is 3.11. The third-order valence-corrected chi connectivity index (χ3v) is 4.67. The van der Waals surface area contributed by atoms with E-state index >= 15 is 0 Å². The molecule has 6 nitrogen and oxygen atoms in total. The molecule has 1 amide bonds. The van der Waals surface area contributed by atoms with Crippen molar-refractivity contribution in [1.29, 1.82) is 0 Å². The van der Waals surface area contributed by atoms with Crippen LogP contribution in [-0.2, 0) is 13.1 Å². The summed E-state index contributed by atoms with van der Waals surface area (Å²) in [7, 11) is 0. The molecule has 4 rings (SSSR count). The van der Waals surface area contributed by atoms with Gasteiger partial charge in [-0.3, -0.25) is 4.79 Å². The Morgan fingerprint density at radius 3 is 2.35 bits per heavy atom. The third-order valence-electron chi connectivity index (χ3n) is 4.67. The van der Waals surface area contributed by atoms with Gasteiger partial charge in [0.1, 0.15) is 11.5 Å². The van der Waals surface area contributed by atoms with E-state index < -0.39 is 0 Å². The number of nitrogens with two attached hydrogens (primary N) is 1. The van der Waals surface area contributed by atoms with Crippen molar-refractivity contribution in [2.45, 2.75) is 13.1 Å². The van der Waals surface area contributed by atoms with E-state index in [-0.39, 0.29) is 5.91 Å². The Labute approximate surface area is 180 Å². The fourth-order valence-electron chi connectivity index (χ4n) is 3.11. The first-order chi connectivity index (χ1) is 15.2. The van der Waals surface area contributed by atoms with E-state index in [9.17, 15) is 4.79 Å². The number of carbonyl (C=O) groups is 1. The van der Waals surface area contributed by atoms with Crippen molar-refractivity contribution in [2.24, 2.45) is 0 Å². The van der Waals surface area contributed by atoms with Crippen LogP contribution in [0.1, 0.15) is 21.7 Å². The molecule has 156 valence electrons. The van der Waals surface area contributed by atoms with Crippen LogP contribution in [0.15, 0.2) is 95.6 Å². The van der Waals surface area contributed by atoms with E-state index in [1.165, 1.54) is 0 Å². The Balaban J connectivity index is 1.58. The number of para-hydroxylation sites is 1. The number of carbonyl (C=O) groups excluding carboxylic acids is 1. The van der Waals surface area contributed by atoms with Crippen molar-refractivity contribution >= 4 is 17.3 Å². The predicted molar refractivity (Wildman–Crippen MR) is 121 cm³/mol. The maximum absolute atomic E-state index is 12.8. The average molecular weight is 413 g/mol. The Bertz CT molecular complexity index is 1130. The molecule has 31 heavy (non-hydrogen) atoms. The van der Waals surface area contributed by atoms with Crippen molar-refractivity contribution < 1.29 is 13.9 Å². The van der Waals surface area contributed by atoms with E-state index in [2.05, 4.69) is 10.6 Å². The van der Waals surface area contributed by atoms with Gasteiger partial charge in [-0.25, -0.2) is 0 Å². The molecule has 1 heterocycles. The summed E-state index contributed by atoms with van der Waals surface area (Å²) in [5.41, 5.74) is 8.72. The molecular formula is C25H23N3O3. The molecule has 0 fully saturated rings. The molecule has 4 N–H and O–H groups in total. The van der Waals surface area contributed by atoms with E-state index in [4.69, 9.17) is 14.9 Å². The minimum Gasteiger partial charge on any atom is -0.467 e. The van der Waals surface area contributed by atoms with Gasteiger partial charge in [0.25, 0.3) is 5.91 Å². The predicted octanol–water partition coefficient (Wildman–Crippen LogP) is 5.20. The molecule has 0 saturated heterocycles. The Morgan fingerprint density at radius 1 is 0.903 bits per heavy atom. The molecule has 0 aliphatic heterocycles. The number of nitrogens with one attached hydrogen (secondary N) is 2. The molecule has 0 saturated carbocycles. The van der Waals surface area contributed by atoms with Crippen LogP contribution in [-0.4, -0.2) is 5.91 Å². The van der Waals surface area contributed by atoms with Crippen molar-refractivity contribution in [1.82, 2.24) is 5.32 Å². The zero-order valence-electron chi connectivity index (χ0n) is 16.9.